The molecule has 2 unspecified atom stereocenters. The maximum absolute atomic E-state index is 9.15. The van der Waals surface area contributed by atoms with Gasteiger partial charge < -0.3 is 10.2 Å². The van der Waals surface area contributed by atoms with E-state index in [1.807, 2.05) is 0 Å². The van der Waals surface area contributed by atoms with E-state index in [9.17, 15) is 0 Å². The van der Waals surface area contributed by atoms with Crippen LogP contribution in [-0.2, 0) is 0 Å². The van der Waals surface area contributed by atoms with Crippen LogP contribution in [0.2, 0.25) is 0 Å². The summed E-state index contributed by atoms with van der Waals surface area (Å²) in [5.74, 6) is 0.388. The molecule has 1 saturated carbocycles. The molecule has 0 aliphatic heterocycles. The summed E-state index contributed by atoms with van der Waals surface area (Å²) in [7, 11) is 0. The van der Waals surface area contributed by atoms with Crippen LogP contribution in [0, 0.1) is 11.3 Å². The first-order valence-electron chi connectivity index (χ1n) is 5.01. The Kier molecular flexibility index (Phi) is 3.53. The predicted molar refractivity (Wildman–Crippen MR) is 48.9 cm³/mol. The summed E-state index contributed by atoms with van der Waals surface area (Å²) in [4.78, 5) is 0. The van der Waals surface area contributed by atoms with Gasteiger partial charge in [0.15, 0.2) is 0 Å². The highest BCUT2D eigenvalue weighted by Crippen LogP contribution is 2.55. The Bertz CT molecular complexity index is 136. The Labute approximate surface area is 74.6 Å². The summed E-state index contributed by atoms with van der Waals surface area (Å²) in [6.07, 6.45) is 5.81. The van der Waals surface area contributed by atoms with Gasteiger partial charge in [0, 0.05) is 13.2 Å². The van der Waals surface area contributed by atoms with E-state index >= 15 is 0 Å². The van der Waals surface area contributed by atoms with Crippen molar-refractivity contribution in [3.63, 3.8) is 0 Å². The lowest BCUT2D eigenvalue weighted by Gasteiger charge is -2.12. The van der Waals surface area contributed by atoms with Gasteiger partial charge in [0.05, 0.1) is 0 Å². The summed E-state index contributed by atoms with van der Waals surface area (Å²) in [5, 5.41) is 18.1. The van der Waals surface area contributed by atoms with Gasteiger partial charge in [0.2, 0.25) is 0 Å². The third-order valence-corrected chi connectivity index (χ3v) is 3.17. The number of aliphatic hydroxyl groups excluding tert-OH is 2. The van der Waals surface area contributed by atoms with Crippen LogP contribution in [0.5, 0.6) is 0 Å². The number of hydrogen-bond donors (Lipinski definition) is 2. The standard InChI is InChI=1S/C10H20O2/c1-2-3-4-5-10(8-12)6-9(10)7-11/h9,11-12H,2-8H2,1H3. The molecule has 0 spiro atoms. The molecule has 0 saturated heterocycles. The molecule has 0 aromatic rings. The number of aliphatic hydroxyl groups is 2. The summed E-state index contributed by atoms with van der Waals surface area (Å²) >= 11 is 0. The zero-order valence-electron chi connectivity index (χ0n) is 7.92. The van der Waals surface area contributed by atoms with Gasteiger partial charge in [0.1, 0.15) is 0 Å². The highest BCUT2D eigenvalue weighted by Gasteiger charge is 2.52. The fourth-order valence-electron chi connectivity index (χ4n) is 2.00. The maximum atomic E-state index is 9.15. The van der Waals surface area contributed by atoms with Gasteiger partial charge >= 0.3 is 0 Å². The Morgan fingerprint density at radius 1 is 1.33 bits per heavy atom. The SMILES string of the molecule is CCCCCC1(CO)CC1CO. The predicted octanol–water partition coefficient (Wildman–Crippen LogP) is 1.56. The molecule has 72 valence electrons. The van der Waals surface area contributed by atoms with Gasteiger partial charge in [-0.2, -0.15) is 0 Å². The third kappa shape index (κ3) is 1.99. The lowest BCUT2D eigenvalue weighted by atomic mass is 9.97. The van der Waals surface area contributed by atoms with Gasteiger partial charge in [-0.15, -0.1) is 0 Å². The molecule has 2 nitrogen and oxygen atoms in total. The van der Waals surface area contributed by atoms with Gasteiger partial charge in [-0.3, -0.25) is 0 Å². The minimum Gasteiger partial charge on any atom is -0.396 e. The second kappa shape index (κ2) is 4.24. The number of hydrogen-bond acceptors (Lipinski definition) is 2. The number of unbranched alkanes of at least 4 members (excludes halogenated alkanes) is 2. The van der Waals surface area contributed by atoms with E-state index < -0.39 is 0 Å². The van der Waals surface area contributed by atoms with Crippen molar-refractivity contribution < 1.29 is 10.2 Å². The Balaban J connectivity index is 2.19. The first-order valence-corrected chi connectivity index (χ1v) is 5.01. The lowest BCUT2D eigenvalue weighted by Crippen LogP contribution is -2.11. The first-order chi connectivity index (χ1) is 5.79. The van der Waals surface area contributed by atoms with E-state index in [0.717, 1.165) is 12.8 Å². The minimum atomic E-state index is 0.115. The Hall–Kier alpha value is -0.0800. The minimum absolute atomic E-state index is 0.115. The molecule has 0 amide bonds. The van der Waals surface area contributed by atoms with Crippen molar-refractivity contribution in [2.24, 2.45) is 11.3 Å². The van der Waals surface area contributed by atoms with Crippen LogP contribution in [-0.4, -0.2) is 23.4 Å². The molecule has 12 heavy (non-hydrogen) atoms. The molecule has 0 aromatic carbocycles. The third-order valence-electron chi connectivity index (χ3n) is 3.17. The van der Waals surface area contributed by atoms with E-state index in [1.165, 1.54) is 19.3 Å². The fourth-order valence-corrected chi connectivity index (χ4v) is 2.00. The molecule has 0 bridgehead atoms. The lowest BCUT2D eigenvalue weighted by molar-refractivity contribution is 0.162. The second-order valence-electron chi connectivity index (χ2n) is 4.06. The summed E-state index contributed by atoms with van der Waals surface area (Å²) < 4.78 is 0. The molecule has 0 aromatic heterocycles. The van der Waals surface area contributed by atoms with Crippen molar-refractivity contribution in [2.75, 3.05) is 13.2 Å². The summed E-state index contributed by atoms with van der Waals surface area (Å²) in [6.45, 7) is 2.71. The first kappa shape index (κ1) is 10.0. The average Bonchev–Trinajstić information content (AvgIpc) is 2.80. The molecule has 2 N–H and O–H groups in total. The zero-order valence-corrected chi connectivity index (χ0v) is 7.92. The molecule has 2 heteroatoms. The van der Waals surface area contributed by atoms with Gasteiger partial charge in [0.25, 0.3) is 0 Å². The maximum Gasteiger partial charge on any atom is 0.0491 e. The van der Waals surface area contributed by atoms with Crippen molar-refractivity contribution in [3.8, 4) is 0 Å². The molecule has 1 rings (SSSR count). The fraction of sp³-hybridized carbons (Fsp3) is 1.00. The average molecular weight is 172 g/mol. The topological polar surface area (TPSA) is 40.5 Å². The normalized spacial score (nSPS) is 33.8. The van der Waals surface area contributed by atoms with Crippen LogP contribution in [0.3, 0.4) is 0 Å². The van der Waals surface area contributed by atoms with Crippen molar-refractivity contribution in [3.05, 3.63) is 0 Å². The van der Waals surface area contributed by atoms with Crippen LogP contribution < -0.4 is 0 Å². The molecule has 1 fully saturated rings. The molecular weight excluding hydrogens is 152 g/mol. The van der Waals surface area contributed by atoms with Crippen molar-refractivity contribution in [2.45, 2.75) is 39.0 Å². The van der Waals surface area contributed by atoms with E-state index in [4.69, 9.17) is 10.2 Å². The summed E-state index contributed by atoms with van der Waals surface area (Å²) in [6, 6.07) is 0. The van der Waals surface area contributed by atoms with Gasteiger partial charge in [-0.25, -0.2) is 0 Å². The van der Waals surface area contributed by atoms with E-state index in [1.54, 1.807) is 0 Å². The molecule has 0 heterocycles. The number of rotatable bonds is 6. The zero-order chi connectivity index (χ0) is 9.03. The quantitative estimate of drug-likeness (QED) is 0.597. The van der Waals surface area contributed by atoms with Crippen LogP contribution in [0.15, 0.2) is 0 Å². The van der Waals surface area contributed by atoms with E-state index in [0.29, 0.717) is 5.92 Å². The van der Waals surface area contributed by atoms with Crippen molar-refractivity contribution in [1.82, 2.24) is 0 Å². The van der Waals surface area contributed by atoms with Crippen molar-refractivity contribution >= 4 is 0 Å². The van der Waals surface area contributed by atoms with Gasteiger partial charge in [-0.05, 0) is 24.2 Å². The molecule has 1 aliphatic rings. The smallest absolute Gasteiger partial charge is 0.0491 e. The molecule has 0 radical (unpaired) electrons. The van der Waals surface area contributed by atoms with E-state index in [2.05, 4.69) is 6.92 Å². The van der Waals surface area contributed by atoms with Crippen LogP contribution in [0.25, 0.3) is 0 Å². The highest BCUT2D eigenvalue weighted by molar-refractivity contribution is 5.01. The van der Waals surface area contributed by atoms with Gasteiger partial charge in [-0.1, -0.05) is 26.2 Å². The largest absolute Gasteiger partial charge is 0.396 e. The molecule has 1 aliphatic carbocycles. The highest BCUT2D eigenvalue weighted by atomic mass is 16.3. The molecule has 2 atom stereocenters. The molecular formula is C10H20O2. The monoisotopic (exact) mass is 172 g/mol. The second-order valence-corrected chi connectivity index (χ2v) is 4.06. The summed E-state index contributed by atoms with van der Waals surface area (Å²) in [5.41, 5.74) is 0.115. The van der Waals surface area contributed by atoms with Crippen LogP contribution in [0.4, 0.5) is 0 Å². The van der Waals surface area contributed by atoms with E-state index in [-0.39, 0.29) is 18.6 Å². The Morgan fingerprint density at radius 2 is 2.08 bits per heavy atom. The Morgan fingerprint density at radius 3 is 2.50 bits per heavy atom. The van der Waals surface area contributed by atoms with Crippen LogP contribution in [0.1, 0.15) is 39.0 Å². The van der Waals surface area contributed by atoms with Crippen molar-refractivity contribution in [1.29, 1.82) is 0 Å². The van der Waals surface area contributed by atoms with Crippen LogP contribution >= 0.6 is 0 Å².